The van der Waals surface area contributed by atoms with Crippen molar-refractivity contribution in [3.05, 3.63) is 53.7 Å². The van der Waals surface area contributed by atoms with Crippen LogP contribution in [0.3, 0.4) is 0 Å². The molecule has 0 unspecified atom stereocenters. The highest BCUT2D eigenvalue weighted by Gasteiger charge is 2.31. The van der Waals surface area contributed by atoms with Gasteiger partial charge < -0.3 is 14.8 Å². The summed E-state index contributed by atoms with van der Waals surface area (Å²) in [4.78, 5) is 0. The Morgan fingerprint density at radius 1 is 1.20 bits per heavy atom. The minimum Gasteiger partial charge on any atom is -0.493 e. The molecule has 4 aromatic rings. The number of halogens is 1. The second kappa shape index (κ2) is 6.45. The van der Waals surface area contributed by atoms with Crippen LogP contribution in [0.2, 0.25) is 0 Å². The van der Waals surface area contributed by atoms with Gasteiger partial charge in [-0.25, -0.2) is 4.39 Å². The van der Waals surface area contributed by atoms with E-state index in [9.17, 15) is 4.39 Å². The molecule has 0 aliphatic carbocycles. The fourth-order valence-electron chi connectivity index (χ4n) is 4.39. The number of anilines is 1. The quantitative estimate of drug-likeness (QED) is 0.551. The zero-order valence-corrected chi connectivity index (χ0v) is 16.3. The Hall–Kier alpha value is -3.62. The fraction of sp³-hybridized carbons (Fsp3) is 0.286. The van der Waals surface area contributed by atoms with Crippen molar-refractivity contribution in [1.29, 1.82) is 0 Å². The summed E-state index contributed by atoms with van der Waals surface area (Å²) in [7, 11) is 0. The monoisotopic (exact) mass is 406 g/mol. The largest absolute Gasteiger partial charge is 0.493 e. The number of rotatable bonds is 2. The molecule has 1 aromatic carbocycles. The molecule has 6 rings (SSSR count). The minimum atomic E-state index is -0.247. The van der Waals surface area contributed by atoms with Gasteiger partial charge in [-0.1, -0.05) is 0 Å². The van der Waals surface area contributed by atoms with Crippen LogP contribution >= 0.6 is 0 Å². The van der Waals surface area contributed by atoms with Gasteiger partial charge in [0.1, 0.15) is 17.9 Å². The molecule has 0 fully saturated rings. The number of fused-ring (bicyclic) bond motifs is 3. The average Bonchev–Trinajstić information content (AvgIpc) is 3.50. The van der Waals surface area contributed by atoms with E-state index < -0.39 is 0 Å². The first-order valence-electron chi connectivity index (χ1n) is 9.94. The molecule has 3 aromatic heterocycles. The van der Waals surface area contributed by atoms with Gasteiger partial charge in [0.2, 0.25) is 0 Å². The lowest BCUT2D eigenvalue weighted by Gasteiger charge is -2.17. The van der Waals surface area contributed by atoms with E-state index >= 15 is 0 Å². The molecule has 0 spiro atoms. The number of aromatic nitrogens is 5. The third-order valence-corrected chi connectivity index (χ3v) is 5.81. The van der Waals surface area contributed by atoms with Crippen LogP contribution in [-0.2, 0) is 13.1 Å². The zero-order valence-electron chi connectivity index (χ0n) is 16.3. The second-order valence-corrected chi connectivity index (χ2v) is 7.44. The lowest BCUT2D eigenvalue weighted by atomic mass is 9.96. The maximum Gasteiger partial charge on any atom is 0.171 e. The van der Waals surface area contributed by atoms with Crippen molar-refractivity contribution >= 4 is 11.5 Å². The predicted octanol–water partition coefficient (Wildman–Crippen LogP) is 3.23. The predicted molar refractivity (Wildman–Crippen MR) is 107 cm³/mol. The molecule has 2 aliphatic rings. The number of nitrogens with zero attached hydrogens (tertiary/aromatic N) is 5. The van der Waals surface area contributed by atoms with Crippen LogP contribution < -0.4 is 14.8 Å². The highest BCUT2D eigenvalue weighted by atomic mass is 19.1. The minimum absolute atomic E-state index is 0.0281. The number of pyridine rings is 1. The van der Waals surface area contributed by atoms with Gasteiger partial charge in [0.15, 0.2) is 17.2 Å². The van der Waals surface area contributed by atoms with Crippen LogP contribution in [0.25, 0.3) is 16.9 Å². The summed E-state index contributed by atoms with van der Waals surface area (Å²) in [6, 6.07) is 7.06. The number of hydrogen-bond donors (Lipinski definition) is 1. The van der Waals surface area contributed by atoms with Crippen molar-refractivity contribution in [3.63, 3.8) is 0 Å². The van der Waals surface area contributed by atoms with Crippen LogP contribution in [0.15, 0.2) is 36.8 Å². The van der Waals surface area contributed by atoms with E-state index in [1.807, 2.05) is 28.1 Å². The van der Waals surface area contributed by atoms with Crippen LogP contribution in [-0.4, -0.2) is 37.6 Å². The molecule has 9 heteroatoms. The van der Waals surface area contributed by atoms with Gasteiger partial charge >= 0.3 is 0 Å². The summed E-state index contributed by atoms with van der Waals surface area (Å²) < 4.78 is 30.5. The lowest BCUT2D eigenvalue weighted by Crippen LogP contribution is -2.13. The van der Waals surface area contributed by atoms with Crippen molar-refractivity contribution in [3.8, 4) is 22.8 Å². The molecule has 1 N–H and O–H groups in total. The lowest BCUT2D eigenvalue weighted by molar-refractivity contribution is 0.249. The van der Waals surface area contributed by atoms with Crippen LogP contribution in [0.4, 0.5) is 10.2 Å². The molecular weight excluding hydrogens is 387 g/mol. The number of benzene rings is 1. The van der Waals surface area contributed by atoms with Gasteiger partial charge in [-0.15, -0.1) is 10.2 Å². The van der Waals surface area contributed by atoms with Crippen LogP contribution in [0, 0.1) is 5.82 Å². The van der Waals surface area contributed by atoms with E-state index in [0.717, 1.165) is 29.1 Å². The number of aryl methyl sites for hydroxylation is 1. The first-order valence-corrected chi connectivity index (χ1v) is 9.94. The van der Waals surface area contributed by atoms with Crippen LogP contribution in [0.1, 0.15) is 24.0 Å². The Kier molecular flexibility index (Phi) is 3.71. The van der Waals surface area contributed by atoms with Crippen LogP contribution in [0.5, 0.6) is 11.5 Å². The standard InChI is InChI=1S/C21H19FN6O2/c1-2-28-16(5-6-25-28)13-7-18-21(27-11-24-26-20(13)27)23-8-14-15(22)3-4-17-19(14)12(9-29-17)10-30-18/h3-7,11-12,23H,2,8-10H2,1H3/t12-/m1/s1. The first-order chi connectivity index (χ1) is 14.7. The second-order valence-electron chi connectivity index (χ2n) is 7.44. The van der Waals surface area contributed by atoms with Gasteiger partial charge in [0, 0.05) is 36.0 Å². The third-order valence-electron chi connectivity index (χ3n) is 5.81. The summed E-state index contributed by atoms with van der Waals surface area (Å²) in [6.07, 6.45) is 3.40. The maximum atomic E-state index is 14.7. The molecule has 0 bridgehead atoms. The van der Waals surface area contributed by atoms with Gasteiger partial charge in [-0.2, -0.15) is 5.10 Å². The molecule has 8 nitrogen and oxygen atoms in total. The summed E-state index contributed by atoms with van der Waals surface area (Å²) in [5.74, 6) is 1.81. The molecule has 0 radical (unpaired) electrons. The van der Waals surface area contributed by atoms with Crippen molar-refractivity contribution in [2.24, 2.45) is 0 Å². The van der Waals surface area contributed by atoms with E-state index in [1.54, 1.807) is 18.6 Å². The van der Waals surface area contributed by atoms with Crippen molar-refractivity contribution < 1.29 is 13.9 Å². The topological polar surface area (TPSA) is 78.5 Å². The first kappa shape index (κ1) is 17.3. The van der Waals surface area contributed by atoms with Crippen molar-refractivity contribution in [2.45, 2.75) is 25.9 Å². The Bertz CT molecular complexity index is 1280. The van der Waals surface area contributed by atoms with E-state index in [1.165, 1.54) is 6.07 Å². The normalized spacial score (nSPS) is 17.2. The molecule has 2 aliphatic heterocycles. The average molecular weight is 406 g/mol. The summed E-state index contributed by atoms with van der Waals surface area (Å²) in [5, 5.41) is 16.2. The number of ether oxygens (including phenoxy) is 2. The van der Waals surface area contributed by atoms with E-state index in [4.69, 9.17) is 9.47 Å². The highest BCUT2D eigenvalue weighted by Crippen LogP contribution is 2.41. The molecule has 0 saturated carbocycles. The van der Waals surface area contributed by atoms with E-state index in [2.05, 4.69) is 20.6 Å². The Labute approximate surface area is 171 Å². The number of nitrogens with one attached hydrogen (secondary N) is 1. The van der Waals surface area contributed by atoms with Gasteiger partial charge in [0.05, 0.1) is 24.8 Å². The molecular formula is C21H19FN6O2. The van der Waals surface area contributed by atoms with E-state index in [0.29, 0.717) is 42.5 Å². The smallest absolute Gasteiger partial charge is 0.171 e. The zero-order chi connectivity index (χ0) is 20.2. The third kappa shape index (κ3) is 2.41. The summed E-state index contributed by atoms with van der Waals surface area (Å²) >= 11 is 0. The molecule has 5 heterocycles. The number of hydrogen-bond acceptors (Lipinski definition) is 6. The summed E-state index contributed by atoms with van der Waals surface area (Å²) in [6.45, 7) is 3.95. The van der Waals surface area contributed by atoms with E-state index in [-0.39, 0.29) is 11.7 Å². The molecule has 0 saturated heterocycles. The van der Waals surface area contributed by atoms with Gasteiger partial charge in [0.25, 0.3) is 0 Å². The SMILES string of the molecule is CCn1nccc1-c1cc2c(n3cnnc13)NCc1c(F)ccc3c1[C@H](CO3)CO2. The molecule has 0 amide bonds. The maximum absolute atomic E-state index is 14.7. The molecule has 1 atom stereocenters. The van der Waals surface area contributed by atoms with Crippen molar-refractivity contribution in [1.82, 2.24) is 24.4 Å². The van der Waals surface area contributed by atoms with Crippen molar-refractivity contribution in [2.75, 3.05) is 18.5 Å². The van der Waals surface area contributed by atoms with Gasteiger partial charge in [-0.3, -0.25) is 9.08 Å². The van der Waals surface area contributed by atoms with Gasteiger partial charge in [-0.05, 0) is 31.2 Å². The fourth-order valence-corrected chi connectivity index (χ4v) is 4.39. The molecule has 152 valence electrons. The Balaban J connectivity index is 1.53. The Morgan fingerprint density at radius 2 is 2.07 bits per heavy atom. The Morgan fingerprint density at radius 3 is 2.93 bits per heavy atom. The highest BCUT2D eigenvalue weighted by molar-refractivity contribution is 5.80. The molecule has 30 heavy (non-hydrogen) atoms. The summed E-state index contributed by atoms with van der Waals surface area (Å²) in [5.41, 5.74) is 3.99.